The van der Waals surface area contributed by atoms with Crippen LogP contribution in [0.15, 0.2) is 22.7 Å². The first-order valence-corrected chi connectivity index (χ1v) is 6.01. The van der Waals surface area contributed by atoms with Gasteiger partial charge in [-0.15, -0.1) is 0 Å². The van der Waals surface area contributed by atoms with Crippen LogP contribution in [0, 0.1) is 0 Å². The van der Waals surface area contributed by atoms with Gasteiger partial charge in [0.25, 0.3) is 0 Å². The fourth-order valence-corrected chi connectivity index (χ4v) is 2.03. The topological polar surface area (TPSA) is 29.1 Å². The molecule has 0 aliphatic heterocycles. The van der Waals surface area contributed by atoms with Crippen LogP contribution in [-0.4, -0.2) is 12.5 Å². The lowest BCUT2D eigenvalue weighted by molar-refractivity contribution is -0.120. The fraction of sp³-hybridized carbons (Fsp3) is 0.364. The number of hydrogen-bond acceptors (Lipinski definition) is 1. The van der Waals surface area contributed by atoms with Gasteiger partial charge in [-0.1, -0.05) is 33.6 Å². The van der Waals surface area contributed by atoms with Gasteiger partial charge in [-0.05, 0) is 31.0 Å². The summed E-state index contributed by atoms with van der Waals surface area (Å²) in [5.74, 6) is 0.0662. The molecule has 1 rings (SSSR count). The summed E-state index contributed by atoms with van der Waals surface area (Å²) in [4.78, 5) is 11.2. The molecule has 0 atom stereocenters. The van der Waals surface area contributed by atoms with Crippen LogP contribution in [-0.2, 0) is 11.2 Å². The van der Waals surface area contributed by atoms with Crippen molar-refractivity contribution in [3.8, 4) is 0 Å². The largest absolute Gasteiger partial charge is 0.356 e. The Balaban J connectivity index is 2.54. The highest BCUT2D eigenvalue weighted by atomic mass is 79.9. The maximum atomic E-state index is 11.2. The molecule has 1 aromatic carbocycles. The first-order valence-electron chi connectivity index (χ1n) is 4.84. The summed E-state index contributed by atoms with van der Waals surface area (Å²) >= 11 is 9.37. The number of carbonyl (C=O) groups is 1. The monoisotopic (exact) mass is 289 g/mol. The highest BCUT2D eigenvalue weighted by molar-refractivity contribution is 9.10. The van der Waals surface area contributed by atoms with Crippen molar-refractivity contribution in [1.82, 2.24) is 5.32 Å². The van der Waals surface area contributed by atoms with Crippen molar-refractivity contribution in [2.24, 2.45) is 0 Å². The Bertz CT molecular complexity index is 354. The summed E-state index contributed by atoms with van der Waals surface area (Å²) in [5, 5.41) is 3.46. The highest BCUT2D eigenvalue weighted by Crippen LogP contribution is 2.22. The number of amides is 1. The molecule has 0 saturated heterocycles. The number of aryl methyl sites for hydroxylation is 1. The second-order valence-corrected chi connectivity index (χ2v) is 4.51. The minimum atomic E-state index is 0.0662. The molecule has 0 unspecified atom stereocenters. The van der Waals surface area contributed by atoms with Gasteiger partial charge in [-0.3, -0.25) is 4.79 Å². The van der Waals surface area contributed by atoms with Gasteiger partial charge in [0.2, 0.25) is 5.91 Å². The molecule has 0 aliphatic carbocycles. The second-order valence-electron chi connectivity index (χ2n) is 3.19. The van der Waals surface area contributed by atoms with Crippen LogP contribution in [0.5, 0.6) is 0 Å². The summed E-state index contributed by atoms with van der Waals surface area (Å²) < 4.78 is 0.953. The molecule has 0 aromatic heterocycles. The maximum absolute atomic E-state index is 11.2. The molecule has 0 radical (unpaired) electrons. The van der Waals surface area contributed by atoms with E-state index in [-0.39, 0.29) is 5.91 Å². The predicted molar refractivity (Wildman–Crippen MR) is 66.2 cm³/mol. The van der Waals surface area contributed by atoms with Crippen LogP contribution in [0.25, 0.3) is 0 Å². The molecule has 0 heterocycles. The zero-order valence-electron chi connectivity index (χ0n) is 8.52. The Hall–Kier alpha value is -0.540. The molecular weight excluding hydrogens is 277 g/mol. The molecule has 1 aromatic rings. The maximum Gasteiger partial charge on any atom is 0.220 e. The van der Waals surface area contributed by atoms with Crippen molar-refractivity contribution >= 4 is 33.4 Å². The van der Waals surface area contributed by atoms with Crippen LogP contribution >= 0.6 is 27.5 Å². The van der Waals surface area contributed by atoms with Crippen LogP contribution < -0.4 is 5.32 Å². The quantitative estimate of drug-likeness (QED) is 0.907. The average Bonchev–Trinajstić information content (AvgIpc) is 2.17. The van der Waals surface area contributed by atoms with Crippen LogP contribution in [0.3, 0.4) is 0 Å². The molecule has 1 N–H and O–H groups in total. The van der Waals surface area contributed by atoms with Gasteiger partial charge in [-0.25, -0.2) is 0 Å². The lowest BCUT2D eigenvalue weighted by Crippen LogP contribution is -2.22. The van der Waals surface area contributed by atoms with Crippen LogP contribution in [0.2, 0.25) is 5.02 Å². The van der Waals surface area contributed by atoms with E-state index in [9.17, 15) is 4.79 Å². The molecule has 0 spiro atoms. The third kappa shape index (κ3) is 4.22. The summed E-state index contributed by atoms with van der Waals surface area (Å²) in [6.45, 7) is 2.58. The van der Waals surface area contributed by atoms with Crippen molar-refractivity contribution in [2.45, 2.75) is 19.8 Å². The van der Waals surface area contributed by atoms with Crippen molar-refractivity contribution in [3.05, 3.63) is 33.3 Å². The number of carbonyl (C=O) groups excluding carboxylic acids is 1. The SMILES string of the molecule is CCNC(=O)CCc1ccc(Br)cc1Cl. The van der Waals surface area contributed by atoms with Gasteiger partial charge in [0.05, 0.1) is 0 Å². The summed E-state index contributed by atoms with van der Waals surface area (Å²) in [6, 6.07) is 5.71. The molecule has 0 bridgehead atoms. The molecule has 82 valence electrons. The zero-order valence-corrected chi connectivity index (χ0v) is 10.9. The van der Waals surface area contributed by atoms with Gasteiger partial charge < -0.3 is 5.32 Å². The van der Waals surface area contributed by atoms with Crippen molar-refractivity contribution in [1.29, 1.82) is 0 Å². The standard InChI is InChI=1S/C11H13BrClNO/c1-2-14-11(15)6-4-8-3-5-9(12)7-10(8)13/h3,5,7H,2,4,6H2,1H3,(H,14,15). The van der Waals surface area contributed by atoms with E-state index in [1.807, 2.05) is 25.1 Å². The molecular formula is C11H13BrClNO. The summed E-state index contributed by atoms with van der Waals surface area (Å²) in [5.41, 5.74) is 1.01. The molecule has 2 nitrogen and oxygen atoms in total. The minimum absolute atomic E-state index is 0.0662. The van der Waals surface area contributed by atoms with Gasteiger partial charge in [-0.2, -0.15) is 0 Å². The number of hydrogen-bond donors (Lipinski definition) is 1. The lowest BCUT2D eigenvalue weighted by Gasteiger charge is -2.05. The molecule has 15 heavy (non-hydrogen) atoms. The number of rotatable bonds is 4. The number of halogens is 2. The molecule has 4 heteroatoms. The second kappa shape index (κ2) is 6.13. The van der Waals surface area contributed by atoms with Crippen LogP contribution in [0.4, 0.5) is 0 Å². The molecule has 0 aliphatic rings. The molecule has 0 fully saturated rings. The van der Waals surface area contributed by atoms with E-state index in [2.05, 4.69) is 21.2 Å². The first-order chi connectivity index (χ1) is 7.13. The first kappa shape index (κ1) is 12.5. The fourth-order valence-electron chi connectivity index (χ4n) is 1.26. The molecule has 0 saturated carbocycles. The molecule has 1 amide bonds. The van der Waals surface area contributed by atoms with Gasteiger partial charge in [0.15, 0.2) is 0 Å². The van der Waals surface area contributed by atoms with E-state index in [0.29, 0.717) is 24.4 Å². The number of nitrogens with one attached hydrogen (secondary N) is 1. The predicted octanol–water partition coefficient (Wildman–Crippen LogP) is 3.17. The highest BCUT2D eigenvalue weighted by Gasteiger charge is 2.04. The van der Waals surface area contributed by atoms with E-state index in [1.165, 1.54) is 0 Å². The zero-order chi connectivity index (χ0) is 11.3. The normalized spacial score (nSPS) is 10.1. The summed E-state index contributed by atoms with van der Waals surface area (Å²) in [7, 11) is 0. The van der Waals surface area contributed by atoms with E-state index >= 15 is 0 Å². The lowest BCUT2D eigenvalue weighted by atomic mass is 10.1. The van der Waals surface area contributed by atoms with E-state index in [0.717, 1.165) is 10.0 Å². The Morgan fingerprint density at radius 1 is 1.53 bits per heavy atom. The average molecular weight is 291 g/mol. The van der Waals surface area contributed by atoms with E-state index < -0.39 is 0 Å². The van der Waals surface area contributed by atoms with Crippen molar-refractivity contribution in [3.63, 3.8) is 0 Å². The Morgan fingerprint density at radius 3 is 2.87 bits per heavy atom. The third-order valence-corrected chi connectivity index (χ3v) is 2.86. The minimum Gasteiger partial charge on any atom is -0.356 e. The van der Waals surface area contributed by atoms with E-state index in [1.54, 1.807) is 0 Å². The Kier molecular flexibility index (Phi) is 5.12. The third-order valence-electron chi connectivity index (χ3n) is 2.01. The van der Waals surface area contributed by atoms with Crippen LogP contribution in [0.1, 0.15) is 18.9 Å². The van der Waals surface area contributed by atoms with Crippen molar-refractivity contribution in [2.75, 3.05) is 6.54 Å². The van der Waals surface area contributed by atoms with Gasteiger partial charge >= 0.3 is 0 Å². The van der Waals surface area contributed by atoms with Gasteiger partial charge in [0.1, 0.15) is 0 Å². The van der Waals surface area contributed by atoms with E-state index in [4.69, 9.17) is 11.6 Å². The Morgan fingerprint density at radius 2 is 2.27 bits per heavy atom. The Labute approximate surface area is 103 Å². The summed E-state index contributed by atoms with van der Waals surface area (Å²) in [6.07, 6.45) is 1.16. The van der Waals surface area contributed by atoms with Gasteiger partial charge in [0, 0.05) is 22.5 Å². The number of benzene rings is 1. The van der Waals surface area contributed by atoms with Crippen molar-refractivity contribution < 1.29 is 4.79 Å². The smallest absolute Gasteiger partial charge is 0.220 e.